The third-order valence-corrected chi connectivity index (χ3v) is 5.12. The van der Waals surface area contributed by atoms with Gasteiger partial charge in [0.05, 0.1) is 6.04 Å². The highest BCUT2D eigenvalue weighted by Gasteiger charge is 2.26. The summed E-state index contributed by atoms with van der Waals surface area (Å²) in [5.74, 6) is 0.938. The molecule has 24 heavy (non-hydrogen) atoms. The first-order chi connectivity index (χ1) is 11.0. The highest BCUT2D eigenvalue weighted by molar-refractivity contribution is 5.85. The van der Waals surface area contributed by atoms with E-state index in [9.17, 15) is 9.18 Å². The SMILES string of the molecule is CCN(C(=O)CC(C)C1CCCNC1)C(C)c1ccc(F)cc1.Cl. The van der Waals surface area contributed by atoms with Crippen LogP contribution in [-0.4, -0.2) is 30.4 Å². The molecule has 3 nitrogen and oxygen atoms in total. The van der Waals surface area contributed by atoms with E-state index in [1.165, 1.54) is 25.0 Å². The van der Waals surface area contributed by atoms with Gasteiger partial charge < -0.3 is 10.2 Å². The molecule has 2 rings (SSSR count). The minimum atomic E-state index is -0.242. The molecule has 1 aromatic carbocycles. The van der Waals surface area contributed by atoms with Crippen molar-refractivity contribution < 1.29 is 9.18 Å². The smallest absolute Gasteiger partial charge is 0.223 e. The summed E-state index contributed by atoms with van der Waals surface area (Å²) in [5, 5.41) is 3.43. The van der Waals surface area contributed by atoms with Crippen LogP contribution in [0.3, 0.4) is 0 Å². The predicted molar refractivity (Wildman–Crippen MR) is 98.8 cm³/mol. The number of hydrogen-bond acceptors (Lipinski definition) is 2. The van der Waals surface area contributed by atoms with E-state index in [4.69, 9.17) is 0 Å². The Kier molecular flexibility index (Phi) is 8.71. The maximum absolute atomic E-state index is 13.1. The molecule has 0 aliphatic carbocycles. The van der Waals surface area contributed by atoms with Gasteiger partial charge in [0.25, 0.3) is 0 Å². The second-order valence-corrected chi connectivity index (χ2v) is 6.70. The van der Waals surface area contributed by atoms with Gasteiger partial charge in [0, 0.05) is 13.0 Å². The highest BCUT2D eigenvalue weighted by atomic mass is 35.5. The van der Waals surface area contributed by atoms with Gasteiger partial charge in [-0.1, -0.05) is 19.1 Å². The first-order valence-corrected chi connectivity index (χ1v) is 8.78. The zero-order valence-electron chi connectivity index (χ0n) is 14.9. The van der Waals surface area contributed by atoms with Crippen LogP contribution in [0.1, 0.15) is 51.6 Å². The lowest BCUT2D eigenvalue weighted by Crippen LogP contribution is -2.38. The molecule has 3 unspecified atom stereocenters. The van der Waals surface area contributed by atoms with Gasteiger partial charge in [0.15, 0.2) is 0 Å². The van der Waals surface area contributed by atoms with Crippen molar-refractivity contribution in [2.24, 2.45) is 11.8 Å². The normalized spacial score (nSPS) is 19.9. The van der Waals surface area contributed by atoms with Crippen LogP contribution >= 0.6 is 12.4 Å². The van der Waals surface area contributed by atoms with Gasteiger partial charge >= 0.3 is 0 Å². The van der Waals surface area contributed by atoms with E-state index in [0.29, 0.717) is 24.8 Å². The summed E-state index contributed by atoms with van der Waals surface area (Å²) in [7, 11) is 0. The van der Waals surface area contributed by atoms with Crippen molar-refractivity contribution in [1.29, 1.82) is 0 Å². The molecule has 1 N–H and O–H groups in total. The van der Waals surface area contributed by atoms with E-state index in [0.717, 1.165) is 18.7 Å². The molecule has 1 aliphatic rings. The largest absolute Gasteiger partial charge is 0.336 e. The Labute approximate surface area is 151 Å². The Balaban J connectivity index is 0.00000288. The number of carbonyl (C=O) groups is 1. The summed E-state index contributed by atoms with van der Waals surface area (Å²) in [5.41, 5.74) is 0.980. The minimum absolute atomic E-state index is 0. The molecule has 0 aromatic heterocycles. The zero-order valence-corrected chi connectivity index (χ0v) is 15.7. The van der Waals surface area contributed by atoms with E-state index < -0.39 is 0 Å². The molecule has 136 valence electrons. The molecule has 1 amide bonds. The van der Waals surface area contributed by atoms with Crippen LogP contribution in [0.25, 0.3) is 0 Å². The number of amides is 1. The second-order valence-electron chi connectivity index (χ2n) is 6.70. The Morgan fingerprint density at radius 3 is 2.54 bits per heavy atom. The Bertz CT molecular complexity index is 503. The number of nitrogens with zero attached hydrogens (tertiary/aromatic N) is 1. The van der Waals surface area contributed by atoms with Crippen LogP contribution in [0.5, 0.6) is 0 Å². The first-order valence-electron chi connectivity index (χ1n) is 8.78. The molecule has 5 heteroatoms. The number of piperidine rings is 1. The highest BCUT2D eigenvalue weighted by Crippen LogP contribution is 2.26. The number of nitrogens with one attached hydrogen (secondary N) is 1. The molecule has 0 radical (unpaired) electrons. The van der Waals surface area contributed by atoms with Crippen molar-refractivity contribution in [3.63, 3.8) is 0 Å². The van der Waals surface area contributed by atoms with Gasteiger partial charge in [0.2, 0.25) is 5.91 Å². The first kappa shape index (κ1) is 20.9. The molecule has 1 aliphatic heterocycles. The van der Waals surface area contributed by atoms with Crippen LogP contribution in [0, 0.1) is 17.7 Å². The fourth-order valence-electron chi connectivity index (χ4n) is 3.51. The molecule has 0 saturated carbocycles. The minimum Gasteiger partial charge on any atom is -0.336 e. The topological polar surface area (TPSA) is 32.3 Å². The zero-order chi connectivity index (χ0) is 16.8. The van der Waals surface area contributed by atoms with Crippen molar-refractivity contribution in [2.75, 3.05) is 19.6 Å². The average Bonchev–Trinajstić information content (AvgIpc) is 2.56. The lowest BCUT2D eigenvalue weighted by molar-refractivity contribution is -0.134. The Hall–Kier alpha value is -1.13. The second kappa shape index (κ2) is 10.00. The van der Waals surface area contributed by atoms with Crippen LogP contribution in [0.2, 0.25) is 0 Å². The molecule has 1 saturated heterocycles. The van der Waals surface area contributed by atoms with Crippen molar-refractivity contribution in [3.05, 3.63) is 35.6 Å². The van der Waals surface area contributed by atoms with E-state index in [2.05, 4.69) is 12.2 Å². The standard InChI is InChI=1S/C19H29FN2O.ClH/c1-4-22(15(3)16-7-9-18(20)10-8-16)19(23)12-14(2)17-6-5-11-21-13-17;/h7-10,14-15,17,21H,4-6,11-13H2,1-3H3;1H. The van der Waals surface area contributed by atoms with Gasteiger partial charge in [-0.05, 0) is 69.3 Å². The van der Waals surface area contributed by atoms with Gasteiger partial charge in [-0.2, -0.15) is 0 Å². The summed E-state index contributed by atoms with van der Waals surface area (Å²) in [4.78, 5) is 14.6. The Morgan fingerprint density at radius 2 is 2.00 bits per heavy atom. The molecule has 1 heterocycles. The number of hydrogen-bond donors (Lipinski definition) is 1. The number of halogens is 2. The van der Waals surface area contributed by atoms with E-state index >= 15 is 0 Å². The summed E-state index contributed by atoms with van der Waals surface area (Å²) in [6.45, 7) is 9.00. The summed E-state index contributed by atoms with van der Waals surface area (Å²) < 4.78 is 13.1. The summed E-state index contributed by atoms with van der Waals surface area (Å²) in [6, 6.07) is 6.43. The molecule has 1 fully saturated rings. The lowest BCUT2D eigenvalue weighted by Gasteiger charge is -2.32. The van der Waals surface area contributed by atoms with Crippen LogP contribution in [0.4, 0.5) is 4.39 Å². The molecule has 1 aromatic rings. The fourth-order valence-corrected chi connectivity index (χ4v) is 3.51. The molecular weight excluding hydrogens is 327 g/mol. The quantitative estimate of drug-likeness (QED) is 0.829. The van der Waals surface area contributed by atoms with E-state index in [1.807, 2.05) is 18.7 Å². The lowest BCUT2D eigenvalue weighted by atomic mass is 9.85. The van der Waals surface area contributed by atoms with Gasteiger partial charge in [0.1, 0.15) is 5.82 Å². The number of benzene rings is 1. The average molecular weight is 357 g/mol. The molecular formula is C19H30ClFN2O. The summed E-state index contributed by atoms with van der Waals surface area (Å²) in [6.07, 6.45) is 3.00. The van der Waals surface area contributed by atoms with Crippen LogP contribution in [-0.2, 0) is 4.79 Å². The fraction of sp³-hybridized carbons (Fsp3) is 0.632. The third kappa shape index (κ3) is 5.45. The van der Waals surface area contributed by atoms with Gasteiger partial charge in [-0.25, -0.2) is 4.39 Å². The van der Waals surface area contributed by atoms with E-state index in [1.54, 1.807) is 12.1 Å². The molecule has 3 atom stereocenters. The van der Waals surface area contributed by atoms with Gasteiger partial charge in [-0.15, -0.1) is 12.4 Å². The Morgan fingerprint density at radius 1 is 1.33 bits per heavy atom. The van der Waals surface area contributed by atoms with Crippen LogP contribution < -0.4 is 5.32 Å². The number of rotatable bonds is 6. The number of carbonyl (C=O) groups excluding carboxylic acids is 1. The summed E-state index contributed by atoms with van der Waals surface area (Å²) >= 11 is 0. The third-order valence-electron chi connectivity index (χ3n) is 5.12. The predicted octanol–water partition coefficient (Wildman–Crippen LogP) is 4.18. The molecule has 0 spiro atoms. The van der Waals surface area contributed by atoms with Crippen molar-refractivity contribution >= 4 is 18.3 Å². The molecule has 0 bridgehead atoms. The maximum atomic E-state index is 13.1. The maximum Gasteiger partial charge on any atom is 0.223 e. The van der Waals surface area contributed by atoms with Crippen molar-refractivity contribution in [1.82, 2.24) is 10.2 Å². The van der Waals surface area contributed by atoms with Crippen molar-refractivity contribution in [3.8, 4) is 0 Å². The van der Waals surface area contributed by atoms with Gasteiger partial charge in [-0.3, -0.25) is 4.79 Å². The van der Waals surface area contributed by atoms with Crippen molar-refractivity contribution in [2.45, 2.75) is 46.1 Å². The van der Waals surface area contributed by atoms with Crippen LogP contribution in [0.15, 0.2) is 24.3 Å². The van der Waals surface area contributed by atoms with E-state index in [-0.39, 0.29) is 30.2 Å². The monoisotopic (exact) mass is 356 g/mol.